The second-order valence-corrected chi connectivity index (χ2v) is 23.0. The number of hydrogen-bond donors (Lipinski definition) is 3. The molecule has 1 heterocycles. The van der Waals surface area contributed by atoms with Crippen molar-refractivity contribution in [1.29, 1.82) is 0 Å². The van der Waals surface area contributed by atoms with Gasteiger partial charge in [-0.2, -0.15) is 0 Å². The lowest BCUT2D eigenvalue weighted by molar-refractivity contribution is 0.389. The average molecular weight is 1060 g/mol. The molecule has 420 valence electrons. The molecule has 78 heavy (non-hydrogen) atoms. The Bertz CT molecular complexity index is 2580. The van der Waals surface area contributed by atoms with Crippen LogP contribution in [0.25, 0.3) is 18.2 Å². The van der Waals surface area contributed by atoms with Crippen LogP contribution in [0.2, 0.25) is 0 Å². The Hall–Kier alpha value is -5.70. The van der Waals surface area contributed by atoms with Gasteiger partial charge in [0.15, 0.2) is 0 Å². The van der Waals surface area contributed by atoms with Crippen LogP contribution in [0.4, 0.5) is 0 Å². The number of phenols is 3. The predicted molar refractivity (Wildman–Crippen MR) is 335 cm³/mol. The van der Waals surface area contributed by atoms with Gasteiger partial charge in [0.1, 0.15) is 17.2 Å². The number of rotatable bonds is 21. The van der Waals surface area contributed by atoms with Gasteiger partial charge in [-0.25, -0.2) is 0 Å². The van der Waals surface area contributed by atoms with Gasteiger partial charge in [0, 0.05) is 70.7 Å². The second kappa shape index (κ2) is 33.7. The minimum absolute atomic E-state index is 0.0509. The lowest BCUT2D eigenvalue weighted by Crippen LogP contribution is -2.27. The third kappa shape index (κ3) is 19.6. The number of nitrogens with zero attached hydrogens (tertiary/aromatic N) is 6. The van der Waals surface area contributed by atoms with Gasteiger partial charge in [0.05, 0.1) is 36.3 Å². The second-order valence-electron chi connectivity index (χ2n) is 23.0. The molecule has 3 aromatic rings. The summed E-state index contributed by atoms with van der Waals surface area (Å²) in [6.45, 7) is 6.54. The van der Waals surface area contributed by atoms with E-state index in [4.69, 9.17) is 30.0 Å². The molecule has 3 aliphatic carbocycles. The van der Waals surface area contributed by atoms with Crippen molar-refractivity contribution in [2.24, 2.45) is 30.0 Å². The minimum Gasteiger partial charge on any atom is -0.507 e. The Kier molecular flexibility index (Phi) is 25.9. The number of hydrogen-bond acceptors (Lipinski definition) is 9. The molecule has 9 nitrogen and oxygen atoms in total. The van der Waals surface area contributed by atoms with E-state index >= 15 is 0 Å². The van der Waals surface area contributed by atoms with Gasteiger partial charge in [-0.05, 0) is 137 Å². The van der Waals surface area contributed by atoms with Crippen molar-refractivity contribution >= 4 is 55.5 Å². The SMILES string of the molecule is C/C=C/c1cc2c(O)c(c1)/C=N/C1CCCCC1/N=C/c1cc(/C=C\CCCCCCCCCC)cc(c1O)/C=N/C1CCCCC1/N=C/c1cc(/C=C\CCCCCCCCCC)cc(c1O)/C=N/C1CCCC(C1)/N=C/2. The van der Waals surface area contributed by atoms with Crippen LogP contribution in [-0.2, 0) is 0 Å². The summed E-state index contributed by atoms with van der Waals surface area (Å²) in [6.07, 6.45) is 58.3. The molecule has 6 atom stereocenters. The summed E-state index contributed by atoms with van der Waals surface area (Å²) in [5, 5.41) is 35.7. The molecule has 3 aromatic carbocycles. The van der Waals surface area contributed by atoms with E-state index in [1.165, 1.54) is 103 Å². The highest BCUT2D eigenvalue weighted by atomic mass is 16.3. The fourth-order valence-electron chi connectivity index (χ4n) is 11.8. The number of benzene rings is 3. The molecule has 3 N–H and O–H groups in total. The number of aliphatic imine (C=N–C) groups is 6. The van der Waals surface area contributed by atoms with E-state index in [2.05, 4.69) is 38.2 Å². The first-order chi connectivity index (χ1) is 38.3. The maximum absolute atomic E-state index is 12.0. The Morgan fingerprint density at radius 2 is 0.667 bits per heavy atom. The Labute approximate surface area is 470 Å². The molecule has 3 fully saturated rings. The van der Waals surface area contributed by atoms with E-state index < -0.39 is 0 Å². The summed E-state index contributed by atoms with van der Waals surface area (Å²) in [4.78, 5) is 31.0. The molecule has 0 saturated heterocycles. The summed E-state index contributed by atoms with van der Waals surface area (Å²) >= 11 is 0. The third-order valence-electron chi connectivity index (χ3n) is 16.5. The van der Waals surface area contributed by atoms with Crippen LogP contribution in [0, 0.1) is 0 Å². The zero-order chi connectivity index (χ0) is 54.6. The van der Waals surface area contributed by atoms with Gasteiger partial charge in [-0.1, -0.05) is 166 Å². The fourth-order valence-corrected chi connectivity index (χ4v) is 11.8. The highest BCUT2D eigenvalue weighted by molar-refractivity contribution is 5.95. The topological polar surface area (TPSA) is 135 Å². The van der Waals surface area contributed by atoms with E-state index in [0.717, 1.165) is 107 Å². The van der Waals surface area contributed by atoms with Crippen LogP contribution in [0.3, 0.4) is 0 Å². The molecular formula is C69H96N6O3. The molecule has 3 saturated carbocycles. The zero-order valence-electron chi connectivity index (χ0n) is 48.1. The summed E-state index contributed by atoms with van der Waals surface area (Å²) in [6, 6.07) is 12.0. The van der Waals surface area contributed by atoms with Gasteiger partial charge < -0.3 is 15.3 Å². The fraction of sp³-hybridized carbons (Fsp3) is 0.565. The maximum atomic E-state index is 12.0. The largest absolute Gasteiger partial charge is 0.507 e. The van der Waals surface area contributed by atoms with Crippen LogP contribution in [0.5, 0.6) is 17.2 Å². The average Bonchev–Trinajstić information content (AvgIpc) is 3.45. The summed E-state index contributed by atoms with van der Waals surface area (Å²) in [7, 11) is 0. The van der Waals surface area contributed by atoms with Gasteiger partial charge in [-0.3, -0.25) is 30.0 Å². The van der Waals surface area contributed by atoms with Crippen molar-refractivity contribution in [3.63, 3.8) is 0 Å². The van der Waals surface area contributed by atoms with Crippen LogP contribution < -0.4 is 0 Å². The molecule has 0 aromatic heterocycles. The molecule has 1 aliphatic heterocycles. The quantitative estimate of drug-likeness (QED) is 0.0917. The first kappa shape index (κ1) is 60.0. The number of unbranched alkanes of at least 4 members (excludes halogenated alkanes) is 16. The zero-order valence-corrected chi connectivity index (χ0v) is 48.1. The molecule has 8 bridgehead atoms. The monoisotopic (exact) mass is 1060 g/mol. The Balaban J connectivity index is 1.22. The van der Waals surface area contributed by atoms with Crippen molar-refractivity contribution in [3.8, 4) is 17.2 Å². The van der Waals surface area contributed by atoms with Crippen molar-refractivity contribution in [1.82, 2.24) is 0 Å². The molecule has 0 spiro atoms. The van der Waals surface area contributed by atoms with Crippen LogP contribution in [0.1, 0.15) is 263 Å². The highest BCUT2D eigenvalue weighted by Crippen LogP contribution is 2.32. The van der Waals surface area contributed by atoms with Crippen LogP contribution in [0.15, 0.2) is 84.6 Å². The van der Waals surface area contributed by atoms with E-state index in [0.29, 0.717) is 33.4 Å². The number of phenolic OH excluding ortho intramolecular Hbond substituents is 3. The first-order valence-electron chi connectivity index (χ1n) is 31.1. The first-order valence-corrected chi connectivity index (χ1v) is 31.1. The van der Waals surface area contributed by atoms with E-state index in [9.17, 15) is 15.3 Å². The minimum atomic E-state index is -0.0746. The summed E-state index contributed by atoms with van der Waals surface area (Å²) < 4.78 is 0. The third-order valence-corrected chi connectivity index (χ3v) is 16.5. The van der Waals surface area contributed by atoms with Gasteiger partial charge >= 0.3 is 0 Å². The maximum Gasteiger partial charge on any atom is 0.133 e. The number of aromatic hydroxyl groups is 3. The summed E-state index contributed by atoms with van der Waals surface area (Å²) in [5.74, 6) is 0.509. The predicted octanol–water partition coefficient (Wildman–Crippen LogP) is 17.8. The molecule has 4 aliphatic rings. The lowest BCUT2D eigenvalue weighted by Gasteiger charge is -2.26. The van der Waals surface area contributed by atoms with Crippen molar-refractivity contribution in [3.05, 3.63) is 105 Å². The van der Waals surface area contributed by atoms with Gasteiger partial charge in [0.2, 0.25) is 0 Å². The van der Waals surface area contributed by atoms with Crippen molar-refractivity contribution in [2.75, 3.05) is 0 Å². The number of allylic oxidation sites excluding steroid dienone is 3. The van der Waals surface area contributed by atoms with E-state index in [-0.39, 0.29) is 53.5 Å². The standard InChI is InChI=1S/C69H96N6O3/c1-4-7-9-11-13-15-17-19-21-23-31-53-41-56-47-71-62-34-29-33-61(45-62)70-46-55-39-52(30-6-3)40-57(67(55)76)48-72-63-35-25-26-36-64(63)74-50-59-43-54(32-24-22-20-18-16-14-12-10-8-5-2)44-60(69(59)78)51-75-66-38-28-27-37-65(66)73-49-58(42-53)68(56)77/h6,23-24,30-32,39-44,46-51,61-66,76-78H,4-5,7-22,25-29,33-38,45H2,1-3H3/b30-6+,31-23-,32-24-,70-46+,71-47+,72-48+,73-49+,74-50+,75-51+. The van der Waals surface area contributed by atoms with E-state index in [1.807, 2.05) is 92.8 Å². The highest BCUT2D eigenvalue weighted by Gasteiger charge is 2.26. The molecule has 9 heteroatoms. The van der Waals surface area contributed by atoms with Gasteiger partial charge in [0.25, 0.3) is 0 Å². The molecular weight excluding hydrogens is 961 g/mol. The smallest absolute Gasteiger partial charge is 0.133 e. The normalized spacial score (nSPS) is 24.5. The Morgan fingerprint density at radius 1 is 0.372 bits per heavy atom. The van der Waals surface area contributed by atoms with E-state index in [1.54, 1.807) is 0 Å². The molecule has 0 amide bonds. The van der Waals surface area contributed by atoms with Crippen molar-refractivity contribution < 1.29 is 15.3 Å². The van der Waals surface area contributed by atoms with Crippen molar-refractivity contribution in [2.45, 2.75) is 250 Å². The lowest BCUT2D eigenvalue weighted by atomic mass is 9.91. The molecule has 7 rings (SSSR count). The van der Waals surface area contributed by atoms with Crippen LogP contribution in [-0.4, -0.2) is 88.9 Å². The Morgan fingerprint density at radius 3 is 0.987 bits per heavy atom. The molecule has 0 radical (unpaired) electrons. The molecule has 6 unspecified atom stereocenters. The number of fused-ring (bicyclic) bond motifs is 10. The summed E-state index contributed by atoms with van der Waals surface area (Å²) in [5.41, 5.74) is 7.00. The van der Waals surface area contributed by atoms with Crippen LogP contribution >= 0.6 is 0 Å². The van der Waals surface area contributed by atoms with Gasteiger partial charge in [-0.15, -0.1) is 0 Å².